The van der Waals surface area contributed by atoms with Crippen molar-refractivity contribution >= 4 is 0 Å². The van der Waals surface area contributed by atoms with Gasteiger partial charge in [0, 0.05) is 18.2 Å². The number of benzene rings is 1. The summed E-state index contributed by atoms with van der Waals surface area (Å²) in [6, 6.07) is 4.01. The van der Waals surface area contributed by atoms with E-state index in [-0.39, 0.29) is 5.75 Å². The molecule has 0 saturated heterocycles. The second-order valence-corrected chi connectivity index (χ2v) is 5.56. The van der Waals surface area contributed by atoms with Gasteiger partial charge in [0.25, 0.3) is 0 Å². The van der Waals surface area contributed by atoms with Gasteiger partial charge in [0.2, 0.25) is 0 Å². The first-order valence-electron chi connectivity index (χ1n) is 7.16. The van der Waals surface area contributed by atoms with Crippen LogP contribution in [0.1, 0.15) is 67.7 Å². The van der Waals surface area contributed by atoms with Crippen molar-refractivity contribution in [2.45, 2.75) is 57.7 Å². The van der Waals surface area contributed by atoms with Crippen molar-refractivity contribution in [2.24, 2.45) is 0 Å². The zero-order valence-corrected chi connectivity index (χ0v) is 11.9. The second-order valence-electron chi connectivity index (χ2n) is 5.56. The summed E-state index contributed by atoms with van der Waals surface area (Å²) in [4.78, 5) is 0. The Bertz CT molecular complexity index is 420. The van der Waals surface area contributed by atoms with Crippen LogP contribution in [0, 0.1) is 0 Å². The Labute approximate surface area is 115 Å². The Balaban J connectivity index is 2.36. The molecule has 19 heavy (non-hydrogen) atoms. The van der Waals surface area contributed by atoms with E-state index in [4.69, 9.17) is 4.74 Å². The van der Waals surface area contributed by atoms with Crippen molar-refractivity contribution in [3.05, 3.63) is 28.8 Å². The monoisotopic (exact) mass is 264 g/mol. The Morgan fingerprint density at radius 3 is 2.53 bits per heavy atom. The number of methoxy groups -OCH3 is 1. The lowest BCUT2D eigenvalue weighted by atomic mass is 9.82. The van der Waals surface area contributed by atoms with Crippen LogP contribution in [0.25, 0.3) is 0 Å². The lowest BCUT2D eigenvalue weighted by Gasteiger charge is -2.24. The Hall–Kier alpha value is -1.06. The normalized spacial score (nSPS) is 18.5. The van der Waals surface area contributed by atoms with Crippen LogP contribution >= 0.6 is 0 Å². The van der Waals surface area contributed by atoms with Crippen LogP contribution in [0.15, 0.2) is 12.1 Å². The summed E-state index contributed by atoms with van der Waals surface area (Å²) >= 11 is 0. The smallest absolute Gasteiger partial charge is 0.126 e. The van der Waals surface area contributed by atoms with Gasteiger partial charge in [-0.3, -0.25) is 0 Å². The summed E-state index contributed by atoms with van der Waals surface area (Å²) < 4.78 is 5.14. The molecule has 3 nitrogen and oxygen atoms in total. The highest BCUT2D eigenvalue weighted by Gasteiger charge is 2.20. The fourth-order valence-corrected chi connectivity index (χ4v) is 3.00. The van der Waals surface area contributed by atoms with Gasteiger partial charge in [-0.1, -0.05) is 19.3 Å². The third kappa shape index (κ3) is 3.28. The van der Waals surface area contributed by atoms with Crippen molar-refractivity contribution in [3.63, 3.8) is 0 Å². The van der Waals surface area contributed by atoms with Gasteiger partial charge in [-0.15, -0.1) is 0 Å². The number of phenols is 1. The number of phenolic OH excluding ortho intramolecular Hbond substituents is 1. The van der Waals surface area contributed by atoms with Crippen LogP contribution in [0.5, 0.6) is 5.75 Å². The number of aliphatic hydroxyl groups is 1. The molecular formula is C16H24O3. The SMILES string of the molecule is COCc1cc(C2CCCCC2)cc(C(C)O)c1O. The van der Waals surface area contributed by atoms with Crippen molar-refractivity contribution in [1.29, 1.82) is 0 Å². The molecule has 1 fully saturated rings. The molecule has 3 heteroatoms. The molecule has 0 bridgehead atoms. The molecule has 1 atom stereocenters. The quantitative estimate of drug-likeness (QED) is 0.873. The molecule has 1 aromatic carbocycles. The maximum Gasteiger partial charge on any atom is 0.126 e. The first kappa shape index (κ1) is 14.4. The van der Waals surface area contributed by atoms with Gasteiger partial charge in [-0.25, -0.2) is 0 Å². The van der Waals surface area contributed by atoms with E-state index in [0.717, 1.165) is 5.56 Å². The molecule has 2 N–H and O–H groups in total. The first-order chi connectivity index (χ1) is 9.13. The number of rotatable bonds is 4. The Kier molecular flexibility index (Phi) is 4.83. The van der Waals surface area contributed by atoms with Crippen LogP contribution in [0.4, 0.5) is 0 Å². The Morgan fingerprint density at radius 2 is 1.95 bits per heavy atom. The summed E-state index contributed by atoms with van der Waals surface area (Å²) in [6.45, 7) is 2.07. The third-order valence-corrected chi connectivity index (χ3v) is 4.07. The minimum Gasteiger partial charge on any atom is -0.507 e. The zero-order valence-electron chi connectivity index (χ0n) is 11.9. The minimum absolute atomic E-state index is 0.177. The van der Waals surface area contributed by atoms with Gasteiger partial charge in [0.05, 0.1) is 12.7 Å². The highest BCUT2D eigenvalue weighted by atomic mass is 16.5. The fourth-order valence-electron chi connectivity index (χ4n) is 3.00. The average molecular weight is 264 g/mol. The summed E-state index contributed by atoms with van der Waals surface area (Å²) in [7, 11) is 1.62. The van der Waals surface area contributed by atoms with Crippen LogP contribution in [-0.4, -0.2) is 17.3 Å². The largest absolute Gasteiger partial charge is 0.507 e. The van der Waals surface area contributed by atoms with Gasteiger partial charge >= 0.3 is 0 Å². The van der Waals surface area contributed by atoms with Crippen LogP contribution in [-0.2, 0) is 11.3 Å². The van der Waals surface area contributed by atoms with Gasteiger partial charge in [0.15, 0.2) is 0 Å². The predicted octanol–water partition coefficient (Wildman–Crippen LogP) is 3.64. The molecule has 1 aromatic rings. The first-order valence-corrected chi connectivity index (χ1v) is 7.16. The molecule has 0 aliphatic heterocycles. The van der Waals surface area contributed by atoms with Crippen LogP contribution < -0.4 is 0 Å². The summed E-state index contributed by atoms with van der Waals surface area (Å²) in [5, 5.41) is 20.0. The standard InChI is InChI=1S/C16H24O3/c1-11(17)15-9-13(12-6-4-3-5-7-12)8-14(10-19-2)16(15)18/h8-9,11-12,17-18H,3-7,10H2,1-2H3. The Morgan fingerprint density at radius 1 is 1.26 bits per heavy atom. The molecular weight excluding hydrogens is 240 g/mol. The number of aliphatic hydroxyl groups excluding tert-OH is 1. The van der Waals surface area contributed by atoms with Crippen molar-refractivity contribution in [1.82, 2.24) is 0 Å². The van der Waals surface area contributed by atoms with Crippen molar-refractivity contribution < 1.29 is 14.9 Å². The van der Waals surface area contributed by atoms with E-state index in [1.54, 1.807) is 14.0 Å². The van der Waals surface area contributed by atoms with E-state index in [2.05, 4.69) is 0 Å². The molecule has 1 aliphatic rings. The molecule has 0 aromatic heterocycles. The lowest BCUT2D eigenvalue weighted by molar-refractivity contribution is 0.177. The maximum absolute atomic E-state index is 10.2. The van der Waals surface area contributed by atoms with Crippen molar-refractivity contribution in [3.8, 4) is 5.75 Å². The van der Waals surface area contributed by atoms with E-state index in [1.165, 1.54) is 37.7 Å². The maximum atomic E-state index is 10.2. The second kappa shape index (κ2) is 6.40. The molecule has 2 rings (SSSR count). The highest BCUT2D eigenvalue weighted by Crippen LogP contribution is 2.38. The van der Waals surface area contributed by atoms with Crippen molar-refractivity contribution in [2.75, 3.05) is 7.11 Å². The highest BCUT2D eigenvalue weighted by molar-refractivity contribution is 5.45. The van der Waals surface area contributed by atoms with E-state index in [0.29, 0.717) is 18.1 Å². The summed E-state index contributed by atoms with van der Waals surface area (Å²) in [6.07, 6.45) is 5.62. The van der Waals surface area contributed by atoms with E-state index in [1.807, 2.05) is 12.1 Å². The molecule has 0 radical (unpaired) electrons. The average Bonchev–Trinajstić information content (AvgIpc) is 2.42. The lowest BCUT2D eigenvalue weighted by Crippen LogP contribution is -2.07. The molecule has 0 heterocycles. The van der Waals surface area contributed by atoms with E-state index < -0.39 is 6.10 Å². The van der Waals surface area contributed by atoms with Gasteiger partial charge < -0.3 is 14.9 Å². The zero-order chi connectivity index (χ0) is 13.8. The third-order valence-electron chi connectivity index (χ3n) is 4.07. The molecule has 1 aliphatic carbocycles. The fraction of sp³-hybridized carbons (Fsp3) is 0.625. The number of ether oxygens (including phenoxy) is 1. The molecule has 106 valence electrons. The van der Waals surface area contributed by atoms with E-state index in [9.17, 15) is 10.2 Å². The molecule has 0 spiro atoms. The van der Waals surface area contributed by atoms with Crippen LogP contribution in [0.3, 0.4) is 0 Å². The van der Waals surface area contributed by atoms with Gasteiger partial charge in [-0.2, -0.15) is 0 Å². The topological polar surface area (TPSA) is 49.7 Å². The van der Waals surface area contributed by atoms with E-state index >= 15 is 0 Å². The molecule has 1 saturated carbocycles. The van der Waals surface area contributed by atoms with Gasteiger partial charge in [-0.05, 0) is 43.4 Å². The van der Waals surface area contributed by atoms with Crippen LogP contribution in [0.2, 0.25) is 0 Å². The minimum atomic E-state index is -0.654. The number of hydrogen-bond donors (Lipinski definition) is 2. The predicted molar refractivity (Wildman–Crippen MR) is 75.3 cm³/mol. The summed E-state index contributed by atoms with van der Waals surface area (Å²) in [5.41, 5.74) is 2.64. The number of aromatic hydroxyl groups is 1. The summed E-state index contributed by atoms with van der Waals surface area (Å²) in [5.74, 6) is 0.735. The number of hydrogen-bond acceptors (Lipinski definition) is 3. The molecule has 0 amide bonds. The molecule has 1 unspecified atom stereocenters. The van der Waals surface area contributed by atoms with Gasteiger partial charge in [0.1, 0.15) is 5.75 Å².